The summed E-state index contributed by atoms with van der Waals surface area (Å²) < 4.78 is 0. The Balaban J connectivity index is 1.66. The molecule has 0 aromatic heterocycles. The number of aliphatic carboxylic acids is 1. The number of piperidine rings is 1. The summed E-state index contributed by atoms with van der Waals surface area (Å²) in [6.45, 7) is 4.92. The summed E-state index contributed by atoms with van der Waals surface area (Å²) in [6, 6.07) is 0. The predicted molar refractivity (Wildman–Crippen MR) is 70.7 cm³/mol. The van der Waals surface area contributed by atoms with E-state index in [2.05, 4.69) is 22.6 Å². The number of carboxylic acid groups (broad SMARTS) is 1. The van der Waals surface area contributed by atoms with Crippen molar-refractivity contribution < 1.29 is 9.90 Å². The Hall–Kier alpha value is -0.650. The molecule has 2 heterocycles. The third-order valence-electron chi connectivity index (χ3n) is 4.31. The lowest BCUT2D eigenvalue weighted by Gasteiger charge is -2.43. The van der Waals surface area contributed by atoms with Crippen LogP contribution in [0.15, 0.2) is 0 Å². The van der Waals surface area contributed by atoms with E-state index in [1.165, 1.54) is 32.4 Å². The molecule has 2 aliphatic rings. The van der Waals surface area contributed by atoms with Gasteiger partial charge < -0.3 is 20.6 Å². The third-order valence-corrected chi connectivity index (χ3v) is 4.31. The average molecular weight is 255 g/mol. The van der Waals surface area contributed by atoms with E-state index < -0.39 is 5.97 Å². The number of nitrogens with one attached hydrogen (secondary N) is 2. The highest BCUT2D eigenvalue weighted by molar-refractivity contribution is 5.68. The summed E-state index contributed by atoms with van der Waals surface area (Å²) in [7, 11) is 2.18. The largest absolute Gasteiger partial charge is 0.481 e. The number of rotatable bonds is 6. The quantitative estimate of drug-likeness (QED) is 0.629. The van der Waals surface area contributed by atoms with E-state index in [0.717, 1.165) is 25.6 Å². The number of likely N-dealkylation sites (tertiary alicyclic amines) is 1. The van der Waals surface area contributed by atoms with Gasteiger partial charge in [0.1, 0.15) is 0 Å². The zero-order valence-corrected chi connectivity index (χ0v) is 11.2. The van der Waals surface area contributed by atoms with Crippen LogP contribution in [0.4, 0.5) is 0 Å². The molecule has 0 atom stereocenters. The molecule has 0 radical (unpaired) electrons. The highest BCUT2D eigenvalue weighted by Crippen LogP contribution is 2.21. The van der Waals surface area contributed by atoms with Crippen molar-refractivity contribution in [2.45, 2.75) is 31.2 Å². The van der Waals surface area contributed by atoms with Crippen LogP contribution in [-0.4, -0.2) is 61.3 Å². The van der Waals surface area contributed by atoms with E-state index in [4.69, 9.17) is 5.11 Å². The van der Waals surface area contributed by atoms with Crippen LogP contribution in [0.25, 0.3) is 0 Å². The minimum Gasteiger partial charge on any atom is -0.481 e. The Morgan fingerprint density at radius 2 is 2.11 bits per heavy atom. The van der Waals surface area contributed by atoms with Crippen LogP contribution < -0.4 is 10.6 Å². The third kappa shape index (κ3) is 3.67. The van der Waals surface area contributed by atoms with Gasteiger partial charge in [-0.05, 0) is 51.9 Å². The summed E-state index contributed by atoms with van der Waals surface area (Å²) in [4.78, 5) is 13.2. The maximum absolute atomic E-state index is 10.8. The predicted octanol–water partition coefficient (Wildman–Crippen LogP) is 0.125. The van der Waals surface area contributed by atoms with Crippen molar-refractivity contribution in [1.82, 2.24) is 15.5 Å². The lowest BCUT2D eigenvalue weighted by molar-refractivity contribution is -0.139. The van der Waals surface area contributed by atoms with Gasteiger partial charge in [-0.3, -0.25) is 4.79 Å². The van der Waals surface area contributed by atoms with Gasteiger partial charge in [0.25, 0.3) is 0 Å². The van der Waals surface area contributed by atoms with Crippen molar-refractivity contribution in [3.8, 4) is 0 Å². The molecule has 2 fully saturated rings. The van der Waals surface area contributed by atoms with E-state index >= 15 is 0 Å². The average Bonchev–Trinajstić information content (AvgIpc) is 2.28. The molecule has 104 valence electrons. The standard InChI is InChI=1S/C13H25N3O2/c1-16-6-3-11(4-7-16)2-5-15-13(8-12(17)18)9-14-10-13/h11,14-15H,2-10H2,1H3,(H,17,18). The highest BCUT2D eigenvalue weighted by atomic mass is 16.4. The van der Waals surface area contributed by atoms with Crippen molar-refractivity contribution in [3.05, 3.63) is 0 Å². The van der Waals surface area contributed by atoms with Gasteiger partial charge in [0, 0.05) is 13.1 Å². The van der Waals surface area contributed by atoms with Crippen molar-refractivity contribution in [1.29, 1.82) is 0 Å². The lowest BCUT2D eigenvalue weighted by Crippen LogP contribution is -2.68. The Morgan fingerprint density at radius 3 is 2.61 bits per heavy atom. The molecule has 3 N–H and O–H groups in total. The maximum Gasteiger partial charge on any atom is 0.305 e. The van der Waals surface area contributed by atoms with Crippen LogP contribution in [0, 0.1) is 5.92 Å². The molecule has 0 aromatic rings. The molecule has 0 amide bonds. The van der Waals surface area contributed by atoms with Crippen molar-refractivity contribution in [3.63, 3.8) is 0 Å². The Labute approximate surface area is 109 Å². The summed E-state index contributed by atoms with van der Waals surface area (Å²) >= 11 is 0. The fourth-order valence-electron chi connectivity index (χ4n) is 2.92. The van der Waals surface area contributed by atoms with Crippen LogP contribution >= 0.6 is 0 Å². The first-order chi connectivity index (χ1) is 8.60. The fourth-order valence-corrected chi connectivity index (χ4v) is 2.92. The number of nitrogens with zero attached hydrogens (tertiary/aromatic N) is 1. The first kappa shape index (κ1) is 13.8. The molecule has 0 saturated carbocycles. The smallest absolute Gasteiger partial charge is 0.305 e. The van der Waals surface area contributed by atoms with Crippen LogP contribution in [0.1, 0.15) is 25.7 Å². The maximum atomic E-state index is 10.8. The molecule has 0 aliphatic carbocycles. The monoisotopic (exact) mass is 255 g/mol. The van der Waals surface area contributed by atoms with Gasteiger partial charge in [-0.15, -0.1) is 0 Å². The first-order valence-corrected chi connectivity index (χ1v) is 6.96. The zero-order valence-electron chi connectivity index (χ0n) is 11.2. The zero-order chi connectivity index (χ0) is 13.0. The Morgan fingerprint density at radius 1 is 1.44 bits per heavy atom. The van der Waals surface area contributed by atoms with Gasteiger partial charge in [0.2, 0.25) is 0 Å². The van der Waals surface area contributed by atoms with E-state index in [1.807, 2.05) is 0 Å². The molecule has 18 heavy (non-hydrogen) atoms. The Bertz CT molecular complexity index is 284. The normalized spacial score (nSPS) is 24.7. The molecular formula is C13H25N3O2. The lowest BCUT2D eigenvalue weighted by atomic mass is 9.87. The van der Waals surface area contributed by atoms with Gasteiger partial charge in [-0.25, -0.2) is 0 Å². The van der Waals surface area contributed by atoms with Gasteiger partial charge in [-0.2, -0.15) is 0 Å². The van der Waals surface area contributed by atoms with E-state index in [0.29, 0.717) is 0 Å². The number of hydrogen-bond acceptors (Lipinski definition) is 4. The second-order valence-corrected chi connectivity index (χ2v) is 5.92. The van der Waals surface area contributed by atoms with E-state index in [1.54, 1.807) is 0 Å². The topological polar surface area (TPSA) is 64.6 Å². The molecule has 5 heteroatoms. The van der Waals surface area contributed by atoms with Crippen LogP contribution in [0.2, 0.25) is 0 Å². The molecule has 0 bridgehead atoms. The van der Waals surface area contributed by atoms with Crippen LogP contribution in [-0.2, 0) is 4.79 Å². The second-order valence-electron chi connectivity index (χ2n) is 5.92. The minimum atomic E-state index is -0.705. The molecule has 2 saturated heterocycles. The summed E-state index contributed by atoms with van der Waals surface area (Å²) in [5.74, 6) is 0.104. The number of carbonyl (C=O) groups is 1. The number of hydrogen-bond donors (Lipinski definition) is 3. The molecule has 5 nitrogen and oxygen atoms in total. The molecule has 0 aromatic carbocycles. The van der Waals surface area contributed by atoms with Gasteiger partial charge in [0.05, 0.1) is 12.0 Å². The second kappa shape index (κ2) is 5.99. The molecule has 2 aliphatic heterocycles. The first-order valence-electron chi connectivity index (χ1n) is 6.96. The highest BCUT2D eigenvalue weighted by Gasteiger charge is 2.38. The molecule has 0 spiro atoms. The molecule has 2 rings (SSSR count). The fraction of sp³-hybridized carbons (Fsp3) is 0.923. The van der Waals surface area contributed by atoms with Gasteiger partial charge in [0.15, 0.2) is 0 Å². The SMILES string of the molecule is CN1CCC(CCNC2(CC(=O)O)CNC2)CC1. The molecular weight excluding hydrogens is 230 g/mol. The van der Waals surface area contributed by atoms with Gasteiger partial charge >= 0.3 is 5.97 Å². The summed E-state index contributed by atoms with van der Waals surface area (Å²) in [6.07, 6.45) is 3.97. The Kier molecular flexibility index (Phi) is 4.59. The van der Waals surface area contributed by atoms with E-state index in [-0.39, 0.29) is 12.0 Å². The molecule has 0 unspecified atom stereocenters. The van der Waals surface area contributed by atoms with E-state index in [9.17, 15) is 4.79 Å². The minimum absolute atomic E-state index is 0.183. The van der Waals surface area contributed by atoms with Gasteiger partial charge in [-0.1, -0.05) is 0 Å². The summed E-state index contributed by atoms with van der Waals surface area (Å²) in [5.41, 5.74) is -0.183. The summed E-state index contributed by atoms with van der Waals surface area (Å²) in [5, 5.41) is 15.6. The van der Waals surface area contributed by atoms with Crippen LogP contribution in [0.3, 0.4) is 0 Å². The van der Waals surface area contributed by atoms with Crippen molar-refractivity contribution in [2.75, 3.05) is 39.8 Å². The number of carboxylic acids is 1. The van der Waals surface area contributed by atoms with Crippen molar-refractivity contribution >= 4 is 5.97 Å². The van der Waals surface area contributed by atoms with Crippen molar-refractivity contribution in [2.24, 2.45) is 5.92 Å². The van der Waals surface area contributed by atoms with Crippen LogP contribution in [0.5, 0.6) is 0 Å².